The Morgan fingerprint density at radius 1 is 1.16 bits per heavy atom. The highest BCUT2D eigenvalue weighted by molar-refractivity contribution is 6.02. The van der Waals surface area contributed by atoms with Gasteiger partial charge in [-0.25, -0.2) is 0 Å². The van der Waals surface area contributed by atoms with Crippen molar-refractivity contribution in [3.05, 3.63) is 48.5 Å². The lowest BCUT2D eigenvalue weighted by Gasteiger charge is -2.30. The van der Waals surface area contributed by atoms with E-state index in [-0.39, 0.29) is 37.5 Å². The van der Waals surface area contributed by atoms with Gasteiger partial charge < -0.3 is 24.6 Å². The van der Waals surface area contributed by atoms with Crippen molar-refractivity contribution < 1.29 is 23.9 Å². The highest BCUT2D eigenvalue weighted by atomic mass is 16.7. The third-order valence-corrected chi connectivity index (χ3v) is 5.78. The summed E-state index contributed by atoms with van der Waals surface area (Å²) in [6.07, 6.45) is 0.821. The second-order valence-corrected chi connectivity index (χ2v) is 8.01. The minimum atomic E-state index is -0.655. The number of hydrogen-bond acceptors (Lipinski definition) is 5. The van der Waals surface area contributed by atoms with Gasteiger partial charge in [0.25, 0.3) is 0 Å². The second-order valence-electron chi connectivity index (χ2n) is 8.01. The summed E-state index contributed by atoms with van der Waals surface area (Å²) in [7, 11) is 0. The molecule has 168 valence electrons. The fraction of sp³-hybridized carbons (Fsp3) is 0.375. The molecule has 0 bridgehead atoms. The predicted octanol–water partition coefficient (Wildman–Crippen LogP) is 3.03. The molecule has 2 unspecified atom stereocenters. The maximum absolute atomic E-state index is 13.4. The van der Waals surface area contributed by atoms with Gasteiger partial charge >= 0.3 is 0 Å². The van der Waals surface area contributed by atoms with E-state index in [1.54, 1.807) is 47.1 Å². The number of benzene rings is 2. The van der Waals surface area contributed by atoms with Gasteiger partial charge in [-0.05, 0) is 37.6 Å². The molecule has 2 aromatic carbocycles. The van der Waals surface area contributed by atoms with Crippen molar-refractivity contribution in [2.75, 3.05) is 30.1 Å². The average Bonchev–Trinajstić information content (AvgIpc) is 3.43. The SMILES string of the molecule is CCCN(C(=O)C1CC(=O)N(c2ccc3c(c2)OCO3)C1)C(C)C(=O)Nc1ccccc1. The van der Waals surface area contributed by atoms with Gasteiger partial charge in [0.05, 0.1) is 5.92 Å². The van der Waals surface area contributed by atoms with Crippen LogP contribution < -0.4 is 19.7 Å². The Bertz CT molecular complexity index is 1010. The van der Waals surface area contributed by atoms with Crippen molar-refractivity contribution in [3.8, 4) is 11.5 Å². The minimum Gasteiger partial charge on any atom is -0.454 e. The molecule has 0 aliphatic carbocycles. The number of fused-ring (bicyclic) bond motifs is 1. The molecule has 0 spiro atoms. The van der Waals surface area contributed by atoms with E-state index < -0.39 is 12.0 Å². The van der Waals surface area contributed by atoms with Crippen molar-refractivity contribution >= 4 is 29.1 Å². The van der Waals surface area contributed by atoms with Crippen LogP contribution in [-0.2, 0) is 14.4 Å². The van der Waals surface area contributed by atoms with Gasteiger partial charge in [-0.1, -0.05) is 25.1 Å². The van der Waals surface area contributed by atoms with Crippen molar-refractivity contribution in [3.63, 3.8) is 0 Å². The highest BCUT2D eigenvalue weighted by Crippen LogP contribution is 2.37. The Balaban J connectivity index is 1.46. The average molecular weight is 437 g/mol. The van der Waals surface area contributed by atoms with E-state index in [0.717, 1.165) is 0 Å². The van der Waals surface area contributed by atoms with E-state index in [1.807, 2.05) is 25.1 Å². The lowest BCUT2D eigenvalue weighted by molar-refractivity contribution is -0.141. The van der Waals surface area contributed by atoms with Gasteiger partial charge in [0.2, 0.25) is 24.5 Å². The standard InChI is InChI=1S/C24H27N3O5/c1-3-11-26(16(2)23(29)25-18-7-5-4-6-8-18)24(30)17-12-22(28)27(14-17)19-9-10-20-21(13-19)32-15-31-20/h4-10,13,16-17H,3,11-12,14-15H2,1-2H3,(H,25,29). The summed E-state index contributed by atoms with van der Waals surface area (Å²) in [5.74, 6) is 0.157. The van der Waals surface area contributed by atoms with Gasteiger partial charge in [-0.3, -0.25) is 14.4 Å². The largest absolute Gasteiger partial charge is 0.454 e. The van der Waals surface area contributed by atoms with E-state index in [1.165, 1.54) is 0 Å². The molecule has 2 heterocycles. The number of ether oxygens (including phenoxy) is 2. The molecule has 8 heteroatoms. The Morgan fingerprint density at radius 2 is 1.91 bits per heavy atom. The first-order valence-corrected chi connectivity index (χ1v) is 10.8. The lowest BCUT2D eigenvalue weighted by Crippen LogP contribution is -2.48. The first-order valence-electron chi connectivity index (χ1n) is 10.8. The van der Waals surface area contributed by atoms with Gasteiger partial charge in [-0.2, -0.15) is 0 Å². The predicted molar refractivity (Wildman–Crippen MR) is 120 cm³/mol. The molecule has 32 heavy (non-hydrogen) atoms. The van der Waals surface area contributed by atoms with Gasteiger partial charge in [0, 0.05) is 37.0 Å². The van der Waals surface area contributed by atoms with Crippen LogP contribution in [-0.4, -0.2) is 48.5 Å². The molecular weight excluding hydrogens is 410 g/mol. The molecule has 2 aliphatic heterocycles. The Hall–Kier alpha value is -3.55. The van der Waals surface area contributed by atoms with Crippen molar-refractivity contribution in [1.82, 2.24) is 4.90 Å². The number of carbonyl (C=O) groups is 3. The molecule has 1 N–H and O–H groups in total. The fourth-order valence-corrected chi connectivity index (χ4v) is 4.06. The molecule has 4 rings (SSSR count). The zero-order valence-corrected chi connectivity index (χ0v) is 18.2. The molecule has 0 radical (unpaired) electrons. The van der Waals surface area contributed by atoms with E-state index in [0.29, 0.717) is 35.8 Å². The number of rotatable bonds is 7. The van der Waals surface area contributed by atoms with Crippen LogP contribution >= 0.6 is 0 Å². The molecule has 0 aromatic heterocycles. The lowest BCUT2D eigenvalue weighted by atomic mass is 10.1. The first-order chi connectivity index (χ1) is 15.5. The van der Waals surface area contributed by atoms with Crippen LogP contribution in [0.5, 0.6) is 11.5 Å². The van der Waals surface area contributed by atoms with Crippen LogP contribution in [0.25, 0.3) is 0 Å². The molecule has 0 saturated carbocycles. The summed E-state index contributed by atoms with van der Waals surface area (Å²) >= 11 is 0. The number of para-hydroxylation sites is 1. The summed E-state index contributed by atoms with van der Waals surface area (Å²) < 4.78 is 10.7. The highest BCUT2D eigenvalue weighted by Gasteiger charge is 2.39. The van der Waals surface area contributed by atoms with E-state index in [4.69, 9.17) is 9.47 Å². The quantitative estimate of drug-likeness (QED) is 0.719. The molecule has 2 aliphatic rings. The third kappa shape index (κ3) is 4.39. The number of anilines is 2. The topological polar surface area (TPSA) is 88.2 Å². The van der Waals surface area contributed by atoms with E-state index >= 15 is 0 Å². The Kier molecular flexibility index (Phi) is 6.30. The minimum absolute atomic E-state index is 0.112. The smallest absolute Gasteiger partial charge is 0.246 e. The fourth-order valence-electron chi connectivity index (χ4n) is 4.06. The van der Waals surface area contributed by atoms with E-state index in [9.17, 15) is 14.4 Å². The maximum Gasteiger partial charge on any atom is 0.246 e. The van der Waals surface area contributed by atoms with Crippen LogP contribution in [0.1, 0.15) is 26.7 Å². The summed E-state index contributed by atoms with van der Waals surface area (Å²) in [5.41, 5.74) is 1.35. The summed E-state index contributed by atoms with van der Waals surface area (Å²) in [6.45, 7) is 4.54. The molecule has 3 amide bonds. The monoisotopic (exact) mass is 437 g/mol. The second kappa shape index (κ2) is 9.30. The van der Waals surface area contributed by atoms with Crippen molar-refractivity contribution in [1.29, 1.82) is 0 Å². The summed E-state index contributed by atoms with van der Waals surface area (Å²) in [5, 5.41) is 2.86. The van der Waals surface area contributed by atoms with Crippen molar-refractivity contribution in [2.45, 2.75) is 32.7 Å². The molecule has 2 aromatic rings. The Labute approximate surface area is 187 Å². The molecular formula is C24H27N3O5. The number of nitrogens with one attached hydrogen (secondary N) is 1. The summed E-state index contributed by atoms with van der Waals surface area (Å²) in [4.78, 5) is 42.1. The Morgan fingerprint density at radius 3 is 2.66 bits per heavy atom. The number of amides is 3. The maximum atomic E-state index is 13.4. The van der Waals surface area contributed by atoms with Gasteiger partial charge in [0.15, 0.2) is 11.5 Å². The number of carbonyl (C=O) groups excluding carboxylic acids is 3. The first kappa shape index (κ1) is 21.7. The van der Waals surface area contributed by atoms with Crippen LogP contribution in [0.4, 0.5) is 11.4 Å². The number of hydrogen-bond donors (Lipinski definition) is 1. The van der Waals surface area contributed by atoms with Crippen LogP contribution in [0.3, 0.4) is 0 Å². The summed E-state index contributed by atoms with van der Waals surface area (Å²) in [6, 6.07) is 13.8. The zero-order chi connectivity index (χ0) is 22.7. The van der Waals surface area contributed by atoms with Gasteiger partial charge in [-0.15, -0.1) is 0 Å². The van der Waals surface area contributed by atoms with Crippen LogP contribution in [0.15, 0.2) is 48.5 Å². The molecule has 8 nitrogen and oxygen atoms in total. The zero-order valence-electron chi connectivity index (χ0n) is 18.2. The van der Waals surface area contributed by atoms with Crippen LogP contribution in [0, 0.1) is 5.92 Å². The molecule has 2 atom stereocenters. The van der Waals surface area contributed by atoms with Crippen molar-refractivity contribution in [2.24, 2.45) is 5.92 Å². The molecule has 1 saturated heterocycles. The van der Waals surface area contributed by atoms with Gasteiger partial charge in [0.1, 0.15) is 6.04 Å². The normalized spacial score (nSPS) is 17.9. The van der Waals surface area contributed by atoms with Crippen LogP contribution in [0.2, 0.25) is 0 Å². The number of nitrogens with zero attached hydrogens (tertiary/aromatic N) is 2. The van der Waals surface area contributed by atoms with E-state index in [2.05, 4.69) is 5.32 Å². The molecule has 1 fully saturated rings. The third-order valence-electron chi connectivity index (χ3n) is 5.78.